The fraction of sp³-hybridized carbons (Fsp3) is 0.250. The van der Waals surface area contributed by atoms with Crippen molar-refractivity contribution in [3.05, 3.63) is 57.6 Å². The first kappa shape index (κ1) is 22.5. The number of carbonyl (C=O) groups is 2. The number of carbonyl (C=O) groups excluding carboxylic acids is 2. The number of halogens is 2. The van der Waals surface area contributed by atoms with Gasteiger partial charge in [-0.1, -0.05) is 23.2 Å². The molecule has 0 heterocycles. The third-order valence-electron chi connectivity index (χ3n) is 3.31. The average Bonchev–Trinajstić information content (AvgIpc) is 2.61. The van der Waals surface area contributed by atoms with E-state index in [1.807, 2.05) is 0 Å². The van der Waals surface area contributed by atoms with Crippen molar-refractivity contribution in [1.82, 2.24) is 5.43 Å². The summed E-state index contributed by atoms with van der Waals surface area (Å²) in [6, 6.07) is 9.23. The van der Waals surface area contributed by atoms with E-state index in [0.717, 1.165) is 0 Å². The lowest BCUT2D eigenvalue weighted by Gasteiger charge is -2.18. The summed E-state index contributed by atoms with van der Waals surface area (Å²) in [5.41, 5.74) is 2.41. The maximum Gasteiger partial charge on any atom is 0.428 e. The van der Waals surface area contributed by atoms with Crippen LogP contribution in [0.15, 0.2) is 41.5 Å². The molecule has 2 aromatic rings. The van der Waals surface area contributed by atoms with E-state index in [4.69, 9.17) is 37.4 Å². The van der Waals surface area contributed by atoms with Crippen LogP contribution in [-0.2, 0) is 4.74 Å². The number of amides is 1. The van der Waals surface area contributed by atoms with Crippen molar-refractivity contribution in [2.24, 2.45) is 5.10 Å². The molecule has 0 atom stereocenters. The molecule has 0 aliphatic carbocycles. The van der Waals surface area contributed by atoms with Gasteiger partial charge in [-0.3, -0.25) is 0 Å². The van der Waals surface area contributed by atoms with Crippen molar-refractivity contribution in [3.63, 3.8) is 0 Å². The van der Waals surface area contributed by atoms with E-state index in [0.29, 0.717) is 16.3 Å². The van der Waals surface area contributed by atoms with Crippen LogP contribution >= 0.6 is 23.2 Å². The first-order valence-corrected chi connectivity index (χ1v) is 9.22. The summed E-state index contributed by atoms with van der Waals surface area (Å²) in [5.74, 6) is -0.164. The van der Waals surface area contributed by atoms with E-state index in [-0.39, 0.29) is 16.3 Å². The molecule has 0 saturated heterocycles. The number of benzene rings is 2. The van der Waals surface area contributed by atoms with Gasteiger partial charge in [-0.2, -0.15) is 5.10 Å². The van der Waals surface area contributed by atoms with Gasteiger partial charge in [0.2, 0.25) is 0 Å². The number of hydrazone groups is 1. The molecule has 0 aliphatic rings. The summed E-state index contributed by atoms with van der Waals surface area (Å²) < 4.78 is 15.7. The minimum absolute atomic E-state index is 0.172. The number of nitrogens with one attached hydrogen (secondary N) is 1. The Labute approximate surface area is 178 Å². The zero-order chi connectivity index (χ0) is 21.6. The maximum absolute atomic E-state index is 12.4. The maximum atomic E-state index is 12.4. The topological polar surface area (TPSA) is 86.2 Å². The predicted molar refractivity (Wildman–Crippen MR) is 111 cm³/mol. The number of hydrogen-bond acceptors (Lipinski definition) is 6. The van der Waals surface area contributed by atoms with E-state index < -0.39 is 17.7 Å². The number of esters is 1. The van der Waals surface area contributed by atoms with Gasteiger partial charge in [-0.05, 0) is 62.7 Å². The van der Waals surface area contributed by atoms with Gasteiger partial charge in [-0.25, -0.2) is 15.0 Å². The number of nitrogens with zero attached hydrogens (tertiary/aromatic N) is 1. The highest BCUT2D eigenvalue weighted by molar-refractivity contribution is 6.36. The van der Waals surface area contributed by atoms with Crippen LogP contribution in [-0.4, -0.2) is 31.0 Å². The molecule has 154 valence electrons. The molecule has 0 bridgehead atoms. The first-order valence-electron chi connectivity index (χ1n) is 8.46. The van der Waals surface area contributed by atoms with Gasteiger partial charge in [0.05, 0.1) is 23.9 Å². The number of hydrogen-bond donors (Lipinski definition) is 1. The zero-order valence-corrected chi connectivity index (χ0v) is 17.8. The van der Waals surface area contributed by atoms with Crippen LogP contribution < -0.4 is 14.9 Å². The normalized spacial score (nSPS) is 11.2. The summed E-state index contributed by atoms with van der Waals surface area (Å²) in [7, 11) is 1.43. The molecule has 29 heavy (non-hydrogen) atoms. The molecule has 2 rings (SSSR count). The van der Waals surface area contributed by atoms with Crippen molar-refractivity contribution < 1.29 is 23.8 Å². The van der Waals surface area contributed by atoms with Crippen molar-refractivity contribution >= 4 is 41.5 Å². The Morgan fingerprint density at radius 2 is 1.79 bits per heavy atom. The lowest BCUT2D eigenvalue weighted by atomic mass is 10.2. The average molecular weight is 439 g/mol. The molecular formula is C20H20Cl2N2O5. The van der Waals surface area contributed by atoms with E-state index in [2.05, 4.69) is 10.5 Å². The molecule has 0 spiro atoms. The fourth-order valence-electron chi connectivity index (χ4n) is 2.12. The Morgan fingerprint density at radius 3 is 2.41 bits per heavy atom. The Hall–Kier alpha value is -2.77. The smallest absolute Gasteiger partial charge is 0.428 e. The van der Waals surface area contributed by atoms with Gasteiger partial charge >= 0.3 is 12.1 Å². The van der Waals surface area contributed by atoms with Gasteiger partial charge in [0.25, 0.3) is 0 Å². The highest BCUT2D eigenvalue weighted by Gasteiger charge is 2.17. The van der Waals surface area contributed by atoms with Crippen molar-refractivity contribution in [1.29, 1.82) is 0 Å². The molecular weight excluding hydrogens is 419 g/mol. The van der Waals surface area contributed by atoms with E-state index in [1.165, 1.54) is 31.5 Å². The number of methoxy groups -OCH3 is 1. The summed E-state index contributed by atoms with van der Waals surface area (Å²) in [6.07, 6.45) is 0.722. The third kappa shape index (κ3) is 6.96. The summed E-state index contributed by atoms with van der Waals surface area (Å²) >= 11 is 11.9. The number of ether oxygens (including phenoxy) is 3. The summed E-state index contributed by atoms with van der Waals surface area (Å²) in [5, 5.41) is 4.41. The SMILES string of the molecule is COc1cc(/C=N\NC(=O)OC(C)(C)C)ccc1OC(=O)c1ccc(Cl)cc1Cl. The monoisotopic (exact) mass is 438 g/mol. The van der Waals surface area contributed by atoms with Gasteiger partial charge in [-0.15, -0.1) is 0 Å². The van der Waals surface area contributed by atoms with Crippen LogP contribution in [0.5, 0.6) is 11.5 Å². The standard InChI is InChI=1S/C20H20Cl2N2O5/c1-20(2,3)29-19(26)24-23-11-12-5-8-16(17(9-12)27-4)28-18(25)14-7-6-13(21)10-15(14)22/h5-11H,1-4H3,(H,24,26)/b23-11-. The molecule has 0 aromatic heterocycles. The van der Waals surface area contributed by atoms with Gasteiger partial charge in [0.15, 0.2) is 11.5 Å². The summed E-state index contributed by atoms with van der Waals surface area (Å²) in [6.45, 7) is 5.25. The quantitative estimate of drug-likeness (QED) is 0.304. The largest absolute Gasteiger partial charge is 0.493 e. The van der Waals surface area contributed by atoms with Crippen LogP contribution in [0.1, 0.15) is 36.7 Å². The van der Waals surface area contributed by atoms with Crippen LogP contribution in [0.2, 0.25) is 10.0 Å². The summed E-state index contributed by atoms with van der Waals surface area (Å²) in [4.78, 5) is 23.9. The Kier molecular flexibility index (Phi) is 7.47. The molecule has 2 aromatic carbocycles. The molecule has 0 radical (unpaired) electrons. The second-order valence-corrected chi connectivity index (χ2v) is 7.64. The molecule has 0 fully saturated rings. The molecule has 1 N–H and O–H groups in total. The van der Waals surface area contributed by atoms with Gasteiger partial charge in [0.1, 0.15) is 5.60 Å². The van der Waals surface area contributed by atoms with E-state index >= 15 is 0 Å². The second kappa shape index (κ2) is 9.62. The number of rotatable bonds is 5. The van der Waals surface area contributed by atoms with Crippen molar-refractivity contribution in [2.45, 2.75) is 26.4 Å². The minimum Gasteiger partial charge on any atom is -0.493 e. The highest BCUT2D eigenvalue weighted by atomic mass is 35.5. The Morgan fingerprint density at radius 1 is 1.07 bits per heavy atom. The zero-order valence-electron chi connectivity index (χ0n) is 16.3. The lowest BCUT2D eigenvalue weighted by molar-refractivity contribution is 0.0529. The Bertz CT molecular complexity index is 939. The molecule has 7 nitrogen and oxygen atoms in total. The molecule has 1 amide bonds. The van der Waals surface area contributed by atoms with Gasteiger partial charge in [0, 0.05) is 5.02 Å². The lowest BCUT2D eigenvalue weighted by Crippen LogP contribution is -2.29. The molecule has 0 aliphatic heterocycles. The highest BCUT2D eigenvalue weighted by Crippen LogP contribution is 2.29. The van der Waals surface area contributed by atoms with E-state index in [1.54, 1.807) is 39.0 Å². The van der Waals surface area contributed by atoms with Gasteiger partial charge < -0.3 is 14.2 Å². The van der Waals surface area contributed by atoms with Crippen LogP contribution in [0, 0.1) is 0 Å². The Balaban J connectivity index is 2.09. The minimum atomic E-state index is -0.675. The van der Waals surface area contributed by atoms with Crippen molar-refractivity contribution in [2.75, 3.05) is 7.11 Å². The molecule has 0 saturated carbocycles. The van der Waals surface area contributed by atoms with Crippen LogP contribution in [0.25, 0.3) is 0 Å². The molecule has 0 unspecified atom stereocenters. The van der Waals surface area contributed by atoms with E-state index in [9.17, 15) is 9.59 Å². The molecule has 9 heteroatoms. The van der Waals surface area contributed by atoms with Crippen LogP contribution in [0.4, 0.5) is 4.79 Å². The fourth-order valence-corrected chi connectivity index (χ4v) is 2.60. The van der Waals surface area contributed by atoms with Crippen LogP contribution in [0.3, 0.4) is 0 Å². The third-order valence-corrected chi connectivity index (χ3v) is 3.86. The predicted octanol–water partition coefficient (Wildman–Crippen LogP) is 5.08. The van der Waals surface area contributed by atoms with Crippen molar-refractivity contribution in [3.8, 4) is 11.5 Å². The first-order chi connectivity index (χ1) is 13.6. The second-order valence-electron chi connectivity index (χ2n) is 6.80.